The maximum Gasteiger partial charge on any atom is 0.115 e. The van der Waals surface area contributed by atoms with Crippen molar-refractivity contribution in [3.05, 3.63) is 47.3 Å². The van der Waals surface area contributed by atoms with E-state index in [1.807, 2.05) is 26.4 Å². The van der Waals surface area contributed by atoms with Crippen LogP contribution in [0, 0.1) is 6.92 Å². The fourth-order valence-corrected chi connectivity index (χ4v) is 2.02. The molecule has 0 spiro atoms. The molecule has 0 aliphatic heterocycles. The van der Waals surface area contributed by atoms with Crippen LogP contribution in [0.1, 0.15) is 35.5 Å². The second kappa shape index (κ2) is 5.64. The van der Waals surface area contributed by atoms with Crippen LogP contribution in [0.4, 0.5) is 0 Å². The van der Waals surface area contributed by atoms with Gasteiger partial charge in [0.2, 0.25) is 0 Å². The Bertz CT molecular complexity index is 512. The summed E-state index contributed by atoms with van der Waals surface area (Å²) in [5.41, 5.74) is 4.09. The zero-order chi connectivity index (χ0) is 13.0. The molecule has 2 aromatic heterocycles. The van der Waals surface area contributed by atoms with Gasteiger partial charge in [-0.2, -0.15) is 10.2 Å². The average molecular weight is 243 g/mol. The second-order valence-electron chi connectivity index (χ2n) is 4.13. The third kappa shape index (κ3) is 2.51. The van der Waals surface area contributed by atoms with Crippen molar-refractivity contribution in [1.82, 2.24) is 25.5 Å². The van der Waals surface area contributed by atoms with Gasteiger partial charge in [-0.05, 0) is 32.0 Å². The first-order valence-corrected chi connectivity index (χ1v) is 6.01. The highest BCUT2D eigenvalue weighted by atomic mass is 15.1. The van der Waals surface area contributed by atoms with Gasteiger partial charge in [-0.3, -0.25) is 0 Å². The van der Waals surface area contributed by atoms with Gasteiger partial charge >= 0.3 is 0 Å². The van der Waals surface area contributed by atoms with Gasteiger partial charge in [0, 0.05) is 18.0 Å². The SMILES string of the molecule is CCc1nnc(C)cc1C(NC)c1cncnc1. The third-order valence-electron chi connectivity index (χ3n) is 2.87. The topological polar surface area (TPSA) is 63.6 Å². The van der Waals surface area contributed by atoms with E-state index in [4.69, 9.17) is 0 Å². The van der Waals surface area contributed by atoms with E-state index in [0.29, 0.717) is 0 Å². The molecule has 1 atom stereocenters. The van der Waals surface area contributed by atoms with Crippen molar-refractivity contribution >= 4 is 0 Å². The van der Waals surface area contributed by atoms with Crippen molar-refractivity contribution in [2.45, 2.75) is 26.3 Å². The Morgan fingerprint density at radius 2 is 1.94 bits per heavy atom. The van der Waals surface area contributed by atoms with Crippen molar-refractivity contribution in [2.75, 3.05) is 7.05 Å². The van der Waals surface area contributed by atoms with Crippen LogP contribution in [0.15, 0.2) is 24.8 Å². The van der Waals surface area contributed by atoms with Gasteiger partial charge in [-0.15, -0.1) is 0 Å². The highest BCUT2D eigenvalue weighted by Gasteiger charge is 2.17. The van der Waals surface area contributed by atoms with E-state index in [1.54, 1.807) is 0 Å². The molecule has 0 radical (unpaired) electrons. The highest BCUT2D eigenvalue weighted by molar-refractivity contribution is 5.32. The van der Waals surface area contributed by atoms with E-state index >= 15 is 0 Å². The molecule has 0 bridgehead atoms. The summed E-state index contributed by atoms with van der Waals surface area (Å²) in [7, 11) is 1.92. The van der Waals surface area contributed by atoms with Gasteiger partial charge in [-0.1, -0.05) is 6.92 Å². The fraction of sp³-hybridized carbons (Fsp3) is 0.385. The smallest absolute Gasteiger partial charge is 0.115 e. The van der Waals surface area contributed by atoms with Crippen molar-refractivity contribution in [3.63, 3.8) is 0 Å². The molecule has 0 aromatic carbocycles. The predicted molar refractivity (Wildman–Crippen MR) is 69.1 cm³/mol. The van der Waals surface area contributed by atoms with E-state index in [2.05, 4.69) is 38.5 Å². The largest absolute Gasteiger partial charge is 0.309 e. The Morgan fingerprint density at radius 3 is 2.56 bits per heavy atom. The van der Waals surface area contributed by atoms with Gasteiger partial charge < -0.3 is 5.32 Å². The summed E-state index contributed by atoms with van der Waals surface area (Å²) in [6.45, 7) is 4.03. The number of aromatic nitrogens is 4. The first-order chi connectivity index (χ1) is 8.76. The van der Waals surface area contributed by atoms with Crippen LogP contribution in [-0.2, 0) is 6.42 Å². The van der Waals surface area contributed by atoms with Gasteiger partial charge in [0.15, 0.2) is 0 Å². The van der Waals surface area contributed by atoms with E-state index in [-0.39, 0.29) is 6.04 Å². The van der Waals surface area contributed by atoms with Crippen molar-refractivity contribution < 1.29 is 0 Å². The van der Waals surface area contributed by atoms with E-state index in [0.717, 1.165) is 28.9 Å². The molecule has 2 heterocycles. The predicted octanol–water partition coefficient (Wildman–Crippen LogP) is 1.45. The first kappa shape index (κ1) is 12.6. The highest BCUT2D eigenvalue weighted by Crippen LogP contribution is 2.23. The van der Waals surface area contributed by atoms with Crippen molar-refractivity contribution in [2.24, 2.45) is 0 Å². The lowest BCUT2D eigenvalue weighted by Crippen LogP contribution is -2.20. The quantitative estimate of drug-likeness (QED) is 0.880. The Balaban J connectivity index is 2.48. The Morgan fingerprint density at radius 1 is 1.22 bits per heavy atom. The molecular weight excluding hydrogens is 226 g/mol. The van der Waals surface area contributed by atoms with Gasteiger partial charge in [0.25, 0.3) is 0 Å². The van der Waals surface area contributed by atoms with Gasteiger partial charge in [0.05, 0.1) is 17.4 Å². The second-order valence-corrected chi connectivity index (χ2v) is 4.13. The lowest BCUT2D eigenvalue weighted by molar-refractivity contribution is 0.663. The molecule has 5 heteroatoms. The minimum Gasteiger partial charge on any atom is -0.309 e. The molecule has 18 heavy (non-hydrogen) atoms. The van der Waals surface area contributed by atoms with Crippen LogP contribution in [0.25, 0.3) is 0 Å². The minimum absolute atomic E-state index is 0.0512. The van der Waals surface area contributed by atoms with Gasteiger partial charge in [-0.25, -0.2) is 9.97 Å². The Kier molecular flexibility index (Phi) is 3.94. The minimum atomic E-state index is 0.0512. The van der Waals surface area contributed by atoms with Crippen molar-refractivity contribution in [1.29, 1.82) is 0 Å². The number of nitrogens with zero attached hydrogens (tertiary/aromatic N) is 4. The first-order valence-electron chi connectivity index (χ1n) is 6.01. The monoisotopic (exact) mass is 243 g/mol. The fourth-order valence-electron chi connectivity index (χ4n) is 2.02. The molecule has 0 aliphatic rings. The molecule has 2 rings (SSSR count). The summed E-state index contributed by atoms with van der Waals surface area (Å²) in [6.07, 6.45) is 6.04. The number of nitrogens with one attached hydrogen (secondary N) is 1. The van der Waals surface area contributed by atoms with Crippen LogP contribution in [0.5, 0.6) is 0 Å². The zero-order valence-corrected chi connectivity index (χ0v) is 10.9. The van der Waals surface area contributed by atoms with E-state index in [9.17, 15) is 0 Å². The molecule has 0 saturated carbocycles. The van der Waals surface area contributed by atoms with Crippen molar-refractivity contribution in [3.8, 4) is 0 Å². The van der Waals surface area contributed by atoms with Crippen LogP contribution < -0.4 is 5.32 Å². The molecule has 94 valence electrons. The summed E-state index contributed by atoms with van der Waals surface area (Å²) in [5.74, 6) is 0. The number of aryl methyl sites for hydroxylation is 2. The number of rotatable bonds is 4. The van der Waals surface area contributed by atoms with E-state index in [1.165, 1.54) is 6.33 Å². The molecule has 0 fully saturated rings. The maximum atomic E-state index is 4.26. The summed E-state index contributed by atoms with van der Waals surface area (Å²) in [5, 5.41) is 11.7. The number of hydrogen-bond donors (Lipinski definition) is 1. The molecule has 1 unspecified atom stereocenters. The average Bonchev–Trinajstić information content (AvgIpc) is 2.41. The molecular formula is C13H17N5. The third-order valence-corrected chi connectivity index (χ3v) is 2.87. The number of hydrogen-bond acceptors (Lipinski definition) is 5. The molecule has 0 amide bonds. The lowest BCUT2D eigenvalue weighted by atomic mass is 9.98. The molecule has 1 N–H and O–H groups in total. The maximum absolute atomic E-state index is 4.26. The molecule has 5 nitrogen and oxygen atoms in total. The Hall–Kier alpha value is -1.88. The van der Waals surface area contributed by atoms with Crippen LogP contribution >= 0.6 is 0 Å². The van der Waals surface area contributed by atoms with E-state index < -0.39 is 0 Å². The normalized spacial score (nSPS) is 12.4. The van der Waals surface area contributed by atoms with Gasteiger partial charge in [0.1, 0.15) is 6.33 Å². The standard InChI is InChI=1S/C13H17N5/c1-4-12-11(5-9(2)17-18-12)13(14-3)10-6-15-8-16-7-10/h5-8,13-14H,4H2,1-3H3. The molecule has 0 aliphatic carbocycles. The summed E-state index contributed by atoms with van der Waals surface area (Å²) >= 11 is 0. The van der Waals surface area contributed by atoms with Crippen LogP contribution in [0.2, 0.25) is 0 Å². The summed E-state index contributed by atoms with van der Waals surface area (Å²) in [4.78, 5) is 8.14. The Labute approximate surface area is 107 Å². The lowest BCUT2D eigenvalue weighted by Gasteiger charge is -2.18. The molecule has 0 saturated heterocycles. The van der Waals surface area contributed by atoms with Crippen LogP contribution in [-0.4, -0.2) is 27.2 Å². The summed E-state index contributed by atoms with van der Waals surface area (Å²) in [6, 6.07) is 2.12. The van der Waals surface area contributed by atoms with Crippen LogP contribution in [0.3, 0.4) is 0 Å². The summed E-state index contributed by atoms with van der Waals surface area (Å²) < 4.78 is 0. The zero-order valence-electron chi connectivity index (χ0n) is 10.9. The molecule has 2 aromatic rings.